The van der Waals surface area contributed by atoms with Gasteiger partial charge in [-0.25, -0.2) is 14.8 Å². The van der Waals surface area contributed by atoms with Crippen molar-refractivity contribution in [2.24, 2.45) is 0 Å². The Kier molecular flexibility index (Phi) is 6.77. The first-order valence-electron chi connectivity index (χ1n) is 11.0. The fourth-order valence-electron chi connectivity index (χ4n) is 3.78. The molecule has 4 heterocycles. The monoisotopic (exact) mass is 497 g/mol. The van der Waals surface area contributed by atoms with E-state index in [0.717, 1.165) is 47.5 Å². The zero-order chi connectivity index (χ0) is 23.3. The van der Waals surface area contributed by atoms with Crippen molar-refractivity contribution in [3.05, 3.63) is 63.8 Å². The first-order valence-corrected chi connectivity index (χ1v) is 12.7. The molecule has 0 aliphatic carbocycles. The predicted molar refractivity (Wildman–Crippen MR) is 127 cm³/mol. The molecule has 5 rings (SSSR count). The first kappa shape index (κ1) is 22.4. The summed E-state index contributed by atoms with van der Waals surface area (Å²) in [5, 5.41) is 15.5. The van der Waals surface area contributed by atoms with Gasteiger partial charge in [0.05, 0.1) is 17.8 Å². The van der Waals surface area contributed by atoms with Crippen molar-refractivity contribution < 1.29 is 14.3 Å². The molecule has 3 aromatic heterocycles. The van der Waals surface area contributed by atoms with Crippen LogP contribution in [-0.4, -0.2) is 55.8 Å². The number of anilines is 1. The molecule has 1 aliphatic rings. The molecule has 0 radical (unpaired) electrons. The van der Waals surface area contributed by atoms with Gasteiger partial charge in [-0.05, 0) is 42.3 Å². The summed E-state index contributed by atoms with van der Waals surface area (Å²) in [5.74, 6) is 0.758. The molecule has 1 saturated heterocycles. The Morgan fingerprint density at radius 1 is 1.24 bits per heavy atom. The minimum atomic E-state index is -0.542. The Morgan fingerprint density at radius 2 is 2.06 bits per heavy atom. The molecule has 1 aromatic carbocycles. The molecule has 0 bridgehead atoms. The Morgan fingerprint density at radius 3 is 2.79 bits per heavy atom. The van der Waals surface area contributed by atoms with Crippen molar-refractivity contribution in [3.63, 3.8) is 0 Å². The quantitative estimate of drug-likeness (QED) is 0.336. The summed E-state index contributed by atoms with van der Waals surface area (Å²) in [7, 11) is 0. The molecule has 4 aromatic rings. The zero-order valence-corrected chi connectivity index (χ0v) is 20.1. The number of para-hydroxylation sites is 1. The highest BCUT2D eigenvalue weighted by molar-refractivity contribution is 7.17. The van der Waals surface area contributed by atoms with Crippen LogP contribution in [0.1, 0.15) is 52.3 Å². The summed E-state index contributed by atoms with van der Waals surface area (Å²) in [6.07, 6.45) is 4.50. The number of carbonyl (C=O) groups is 1. The molecule has 12 heteroatoms. The smallest absolute Gasteiger partial charge is 0.350 e. The second-order valence-corrected chi connectivity index (χ2v) is 9.57. The molecule has 10 nitrogen and oxygen atoms in total. The van der Waals surface area contributed by atoms with Crippen LogP contribution in [0.25, 0.3) is 0 Å². The number of thiazole rings is 2. The normalized spacial score (nSPS) is 15.3. The van der Waals surface area contributed by atoms with Gasteiger partial charge in [-0.3, -0.25) is 0 Å². The number of hydrogen-bond acceptors (Lipinski definition) is 11. The zero-order valence-electron chi connectivity index (χ0n) is 18.5. The molecule has 1 unspecified atom stereocenters. The van der Waals surface area contributed by atoms with E-state index in [1.54, 1.807) is 29.1 Å². The maximum atomic E-state index is 11.9. The lowest BCUT2D eigenvalue weighted by Gasteiger charge is -2.30. The lowest BCUT2D eigenvalue weighted by atomic mass is 9.98. The van der Waals surface area contributed by atoms with E-state index < -0.39 is 6.23 Å². The fraction of sp³-hybridized carbons (Fsp3) is 0.364. The average molecular weight is 498 g/mol. The number of nitrogens with zero attached hydrogens (tertiary/aromatic N) is 7. The van der Waals surface area contributed by atoms with Gasteiger partial charge in [-0.15, -0.1) is 16.4 Å². The van der Waals surface area contributed by atoms with Crippen LogP contribution in [0.5, 0.6) is 5.75 Å². The maximum Gasteiger partial charge on any atom is 0.350 e. The molecule has 1 atom stereocenters. The van der Waals surface area contributed by atoms with E-state index in [1.807, 2.05) is 35.7 Å². The van der Waals surface area contributed by atoms with Gasteiger partial charge in [0.1, 0.15) is 22.6 Å². The van der Waals surface area contributed by atoms with Crippen LogP contribution >= 0.6 is 22.7 Å². The van der Waals surface area contributed by atoms with E-state index in [1.165, 1.54) is 17.7 Å². The number of benzene rings is 1. The topological polar surface area (TPSA) is 108 Å². The van der Waals surface area contributed by atoms with E-state index in [2.05, 4.69) is 25.4 Å². The van der Waals surface area contributed by atoms with Gasteiger partial charge >= 0.3 is 5.97 Å². The molecule has 0 spiro atoms. The van der Waals surface area contributed by atoms with Crippen molar-refractivity contribution in [2.45, 2.75) is 31.9 Å². The SMILES string of the molecule is CCOC(=O)c1cnc(N2CCC(c3nc(C(Oc4ccccc4)n4cnnn4)cs3)CC2)s1. The predicted octanol–water partition coefficient (Wildman–Crippen LogP) is 3.77. The number of ether oxygens (including phenoxy) is 2. The summed E-state index contributed by atoms with van der Waals surface area (Å²) in [6, 6.07) is 9.57. The Balaban J connectivity index is 1.25. The lowest BCUT2D eigenvalue weighted by Crippen LogP contribution is -2.32. The minimum Gasteiger partial charge on any atom is -0.463 e. The van der Waals surface area contributed by atoms with Crippen molar-refractivity contribution in [3.8, 4) is 5.75 Å². The van der Waals surface area contributed by atoms with E-state index in [9.17, 15) is 4.79 Å². The van der Waals surface area contributed by atoms with Gasteiger partial charge in [0.15, 0.2) is 5.13 Å². The van der Waals surface area contributed by atoms with Gasteiger partial charge in [0, 0.05) is 24.4 Å². The fourth-order valence-corrected chi connectivity index (χ4v) is 5.64. The van der Waals surface area contributed by atoms with Gasteiger partial charge < -0.3 is 14.4 Å². The highest BCUT2D eigenvalue weighted by atomic mass is 32.1. The van der Waals surface area contributed by atoms with Crippen LogP contribution in [0.15, 0.2) is 48.2 Å². The van der Waals surface area contributed by atoms with Crippen LogP contribution in [-0.2, 0) is 4.74 Å². The van der Waals surface area contributed by atoms with Crippen molar-refractivity contribution >= 4 is 33.8 Å². The van der Waals surface area contributed by atoms with E-state index >= 15 is 0 Å². The summed E-state index contributed by atoms with van der Waals surface area (Å²) in [5.41, 5.74) is 0.776. The van der Waals surface area contributed by atoms with Gasteiger partial charge in [0.25, 0.3) is 0 Å². The second kappa shape index (κ2) is 10.3. The number of tetrazole rings is 1. The minimum absolute atomic E-state index is 0.314. The largest absolute Gasteiger partial charge is 0.463 e. The van der Waals surface area contributed by atoms with Crippen LogP contribution < -0.4 is 9.64 Å². The molecule has 1 aliphatic heterocycles. The van der Waals surface area contributed by atoms with Crippen molar-refractivity contribution in [1.29, 1.82) is 0 Å². The second-order valence-electron chi connectivity index (χ2n) is 7.67. The summed E-state index contributed by atoms with van der Waals surface area (Å²) in [6.45, 7) is 3.87. The average Bonchev–Trinajstić information content (AvgIpc) is 3.66. The van der Waals surface area contributed by atoms with Crippen molar-refractivity contribution in [1.82, 2.24) is 30.2 Å². The van der Waals surface area contributed by atoms with Gasteiger partial charge in [-0.1, -0.05) is 29.5 Å². The number of rotatable bonds is 8. The lowest BCUT2D eigenvalue weighted by molar-refractivity contribution is 0.0532. The third-order valence-electron chi connectivity index (χ3n) is 5.47. The number of esters is 1. The van der Waals surface area contributed by atoms with Gasteiger partial charge in [-0.2, -0.15) is 4.68 Å². The molecule has 1 fully saturated rings. The van der Waals surface area contributed by atoms with E-state index in [4.69, 9.17) is 14.5 Å². The van der Waals surface area contributed by atoms with E-state index in [-0.39, 0.29) is 5.97 Å². The molecule has 0 saturated carbocycles. The molecular formula is C22H23N7O3S2. The molecular weight excluding hydrogens is 474 g/mol. The van der Waals surface area contributed by atoms with Crippen LogP contribution in [0.3, 0.4) is 0 Å². The standard InChI is InChI=1S/C22H23N7O3S2/c1-2-31-21(30)18-12-23-22(34-18)28-10-8-15(9-11-28)19-25-17(13-33-19)20(29-14-24-26-27-29)32-16-6-4-3-5-7-16/h3-7,12-15,20H,2,8-11H2,1H3. The van der Waals surface area contributed by atoms with Crippen molar-refractivity contribution in [2.75, 3.05) is 24.6 Å². The number of carbonyl (C=O) groups excluding carboxylic acids is 1. The maximum absolute atomic E-state index is 11.9. The third kappa shape index (κ3) is 4.92. The highest BCUT2D eigenvalue weighted by Gasteiger charge is 2.27. The Bertz CT molecular complexity index is 1200. The highest BCUT2D eigenvalue weighted by Crippen LogP contribution is 2.35. The Labute approximate surface area is 204 Å². The molecule has 0 amide bonds. The Hall–Kier alpha value is -3.38. The number of aromatic nitrogens is 6. The molecule has 176 valence electrons. The summed E-state index contributed by atoms with van der Waals surface area (Å²) >= 11 is 3.02. The summed E-state index contributed by atoms with van der Waals surface area (Å²) < 4.78 is 12.8. The summed E-state index contributed by atoms with van der Waals surface area (Å²) in [4.78, 5) is 24.0. The van der Waals surface area contributed by atoms with Crippen LogP contribution in [0.2, 0.25) is 0 Å². The van der Waals surface area contributed by atoms with Crippen LogP contribution in [0, 0.1) is 0 Å². The molecule has 0 N–H and O–H groups in total. The number of hydrogen-bond donors (Lipinski definition) is 0. The van der Waals surface area contributed by atoms with Crippen LogP contribution in [0.4, 0.5) is 5.13 Å². The first-order chi connectivity index (χ1) is 16.7. The third-order valence-corrected chi connectivity index (χ3v) is 7.54. The van der Waals surface area contributed by atoms with E-state index in [0.29, 0.717) is 17.4 Å². The van der Waals surface area contributed by atoms with Gasteiger partial charge in [0.2, 0.25) is 6.23 Å². The number of piperidine rings is 1. The molecule has 34 heavy (non-hydrogen) atoms.